The summed E-state index contributed by atoms with van der Waals surface area (Å²) in [7, 11) is 0. The van der Waals surface area contributed by atoms with Crippen LogP contribution in [-0.4, -0.2) is 46.5 Å². The van der Waals surface area contributed by atoms with Crippen LogP contribution in [0, 0.1) is 5.41 Å². The molecule has 0 aromatic carbocycles. The Balaban J connectivity index is 1.45. The van der Waals surface area contributed by atoms with Gasteiger partial charge in [0.1, 0.15) is 5.69 Å². The third-order valence-corrected chi connectivity index (χ3v) is 5.74. The molecular formula is C16H18N4O2S. The average molecular weight is 330 g/mol. The van der Waals surface area contributed by atoms with Crippen molar-refractivity contribution in [3.05, 3.63) is 34.8 Å². The van der Waals surface area contributed by atoms with Crippen LogP contribution in [0.1, 0.15) is 29.8 Å². The Kier molecular flexibility index (Phi) is 3.45. The van der Waals surface area contributed by atoms with Crippen LogP contribution in [0.5, 0.6) is 0 Å². The zero-order chi connectivity index (χ0) is 15.9. The molecule has 0 aliphatic carbocycles. The van der Waals surface area contributed by atoms with Gasteiger partial charge in [0.15, 0.2) is 0 Å². The van der Waals surface area contributed by atoms with Crippen molar-refractivity contribution in [3.8, 4) is 0 Å². The van der Waals surface area contributed by atoms with Gasteiger partial charge in [0.05, 0.1) is 11.1 Å². The SMILES string of the molecule is O=C(c1ccn[nH]1)N1CCC2(CC1)CCN(c1ccsc1)C2=O. The first-order chi connectivity index (χ1) is 11.2. The molecule has 1 spiro atoms. The number of nitrogens with one attached hydrogen (secondary N) is 1. The fourth-order valence-electron chi connectivity index (χ4n) is 3.62. The van der Waals surface area contributed by atoms with E-state index in [-0.39, 0.29) is 17.2 Å². The van der Waals surface area contributed by atoms with Gasteiger partial charge in [0.2, 0.25) is 5.91 Å². The smallest absolute Gasteiger partial charge is 0.271 e. The van der Waals surface area contributed by atoms with Gasteiger partial charge in [0, 0.05) is 31.2 Å². The molecule has 7 heteroatoms. The number of anilines is 1. The fraction of sp³-hybridized carbons (Fsp3) is 0.438. The Bertz CT molecular complexity index is 703. The van der Waals surface area contributed by atoms with Crippen molar-refractivity contribution in [1.29, 1.82) is 0 Å². The number of amides is 2. The molecule has 4 rings (SSSR count). The minimum absolute atomic E-state index is 0.0301. The maximum Gasteiger partial charge on any atom is 0.271 e. The van der Waals surface area contributed by atoms with Gasteiger partial charge in [-0.2, -0.15) is 16.4 Å². The zero-order valence-electron chi connectivity index (χ0n) is 12.7. The molecule has 4 heterocycles. The summed E-state index contributed by atoms with van der Waals surface area (Å²) in [5.41, 5.74) is 1.23. The van der Waals surface area contributed by atoms with Crippen molar-refractivity contribution in [2.75, 3.05) is 24.5 Å². The van der Waals surface area contributed by atoms with E-state index in [0.29, 0.717) is 18.8 Å². The highest BCUT2D eigenvalue weighted by Gasteiger charge is 2.49. The van der Waals surface area contributed by atoms with Crippen molar-refractivity contribution in [3.63, 3.8) is 0 Å². The van der Waals surface area contributed by atoms with E-state index < -0.39 is 0 Å². The van der Waals surface area contributed by atoms with Crippen LogP contribution in [0.2, 0.25) is 0 Å². The zero-order valence-corrected chi connectivity index (χ0v) is 13.5. The highest BCUT2D eigenvalue weighted by molar-refractivity contribution is 7.08. The summed E-state index contributed by atoms with van der Waals surface area (Å²) in [6.07, 6.45) is 3.95. The second-order valence-electron chi connectivity index (χ2n) is 6.23. The normalized spacial score (nSPS) is 20.4. The van der Waals surface area contributed by atoms with E-state index in [4.69, 9.17) is 0 Å². The van der Waals surface area contributed by atoms with E-state index in [9.17, 15) is 9.59 Å². The second kappa shape index (κ2) is 5.49. The van der Waals surface area contributed by atoms with Crippen molar-refractivity contribution in [1.82, 2.24) is 15.1 Å². The minimum Gasteiger partial charge on any atom is -0.337 e. The Morgan fingerprint density at radius 1 is 1.22 bits per heavy atom. The molecule has 2 aliphatic heterocycles. The minimum atomic E-state index is -0.285. The number of piperidine rings is 1. The van der Waals surface area contributed by atoms with Gasteiger partial charge in [-0.15, -0.1) is 0 Å². The number of rotatable bonds is 2. The lowest BCUT2D eigenvalue weighted by Crippen LogP contribution is -2.46. The summed E-state index contributed by atoms with van der Waals surface area (Å²) in [4.78, 5) is 29.0. The van der Waals surface area contributed by atoms with E-state index >= 15 is 0 Å². The van der Waals surface area contributed by atoms with Gasteiger partial charge in [0.25, 0.3) is 5.91 Å². The van der Waals surface area contributed by atoms with E-state index in [1.54, 1.807) is 23.6 Å². The molecule has 2 amide bonds. The van der Waals surface area contributed by atoms with Crippen molar-refractivity contribution in [2.45, 2.75) is 19.3 Å². The van der Waals surface area contributed by atoms with Gasteiger partial charge in [-0.05, 0) is 36.8 Å². The van der Waals surface area contributed by atoms with E-state index in [0.717, 1.165) is 31.5 Å². The topological polar surface area (TPSA) is 69.3 Å². The van der Waals surface area contributed by atoms with Crippen LogP contribution in [0.3, 0.4) is 0 Å². The standard InChI is InChI=1S/C16H18N4O2S/c21-14(13-1-6-17-18-13)19-7-3-16(4-8-19)5-9-20(15(16)22)12-2-10-23-11-12/h1-2,6,10-11H,3-5,7-9H2,(H,17,18). The first kappa shape index (κ1) is 14.4. The molecule has 2 aromatic rings. The molecule has 0 radical (unpaired) electrons. The van der Waals surface area contributed by atoms with Crippen LogP contribution < -0.4 is 4.90 Å². The first-order valence-corrected chi connectivity index (χ1v) is 8.77. The molecule has 0 unspecified atom stereocenters. The van der Waals surface area contributed by atoms with Gasteiger partial charge >= 0.3 is 0 Å². The number of thiophene rings is 1. The summed E-state index contributed by atoms with van der Waals surface area (Å²) in [5, 5.41) is 10.6. The Hall–Kier alpha value is -2.15. The maximum absolute atomic E-state index is 12.9. The molecule has 0 saturated carbocycles. The highest BCUT2D eigenvalue weighted by atomic mass is 32.1. The Morgan fingerprint density at radius 2 is 2.00 bits per heavy atom. The van der Waals surface area contributed by atoms with E-state index in [1.807, 2.05) is 26.6 Å². The molecule has 2 fully saturated rings. The van der Waals surface area contributed by atoms with Gasteiger partial charge < -0.3 is 9.80 Å². The first-order valence-electron chi connectivity index (χ1n) is 7.82. The molecule has 23 heavy (non-hydrogen) atoms. The van der Waals surface area contributed by atoms with Crippen LogP contribution in [-0.2, 0) is 4.79 Å². The average Bonchev–Trinajstić information content (AvgIpc) is 3.31. The largest absolute Gasteiger partial charge is 0.337 e. The number of hydrogen-bond donors (Lipinski definition) is 1. The monoisotopic (exact) mass is 330 g/mol. The van der Waals surface area contributed by atoms with Crippen LogP contribution in [0.25, 0.3) is 0 Å². The van der Waals surface area contributed by atoms with E-state index in [2.05, 4.69) is 10.2 Å². The summed E-state index contributed by atoms with van der Waals surface area (Å²) in [6, 6.07) is 3.68. The predicted molar refractivity (Wildman–Crippen MR) is 87.4 cm³/mol. The number of carbonyl (C=O) groups is 2. The predicted octanol–water partition coefficient (Wildman–Crippen LogP) is 2.13. The van der Waals surface area contributed by atoms with Crippen molar-refractivity contribution < 1.29 is 9.59 Å². The number of nitrogens with zero attached hydrogens (tertiary/aromatic N) is 3. The molecule has 2 aromatic heterocycles. The number of hydrogen-bond acceptors (Lipinski definition) is 4. The summed E-state index contributed by atoms with van der Waals surface area (Å²) < 4.78 is 0. The van der Waals surface area contributed by atoms with Crippen molar-refractivity contribution in [2.24, 2.45) is 5.41 Å². The third kappa shape index (κ3) is 2.35. The number of aromatic nitrogens is 2. The highest BCUT2D eigenvalue weighted by Crippen LogP contribution is 2.43. The van der Waals surface area contributed by atoms with Crippen LogP contribution in [0.4, 0.5) is 5.69 Å². The Labute approximate surface area is 138 Å². The molecular weight excluding hydrogens is 312 g/mol. The summed E-state index contributed by atoms with van der Waals surface area (Å²) >= 11 is 1.61. The van der Waals surface area contributed by atoms with Crippen LogP contribution in [0.15, 0.2) is 29.1 Å². The van der Waals surface area contributed by atoms with Crippen molar-refractivity contribution >= 4 is 28.8 Å². The van der Waals surface area contributed by atoms with E-state index in [1.165, 1.54) is 0 Å². The lowest BCUT2D eigenvalue weighted by atomic mass is 9.77. The molecule has 2 aliphatic rings. The summed E-state index contributed by atoms with van der Waals surface area (Å²) in [6.45, 7) is 2.03. The lowest BCUT2D eigenvalue weighted by Gasteiger charge is -2.37. The third-order valence-electron chi connectivity index (χ3n) is 5.07. The number of carbonyl (C=O) groups excluding carboxylic acids is 2. The second-order valence-corrected chi connectivity index (χ2v) is 7.01. The number of likely N-dealkylation sites (tertiary alicyclic amines) is 1. The fourth-order valence-corrected chi connectivity index (χ4v) is 4.27. The molecule has 6 nitrogen and oxygen atoms in total. The summed E-state index contributed by atoms with van der Waals surface area (Å²) in [5.74, 6) is 0.196. The molecule has 1 N–H and O–H groups in total. The Morgan fingerprint density at radius 3 is 2.65 bits per heavy atom. The quantitative estimate of drug-likeness (QED) is 0.917. The molecule has 120 valence electrons. The number of H-pyrrole nitrogens is 1. The molecule has 0 atom stereocenters. The molecule has 0 bridgehead atoms. The van der Waals surface area contributed by atoms with Gasteiger partial charge in [-0.1, -0.05) is 0 Å². The lowest BCUT2D eigenvalue weighted by molar-refractivity contribution is -0.127. The number of aromatic amines is 1. The molecule has 2 saturated heterocycles. The maximum atomic E-state index is 12.9. The van der Waals surface area contributed by atoms with Gasteiger partial charge in [-0.25, -0.2) is 0 Å². The van der Waals surface area contributed by atoms with Crippen LogP contribution >= 0.6 is 11.3 Å². The van der Waals surface area contributed by atoms with Gasteiger partial charge in [-0.3, -0.25) is 14.7 Å².